The minimum atomic E-state index is -0.414. The first-order valence-electron chi connectivity index (χ1n) is 5.95. The molecule has 0 N–H and O–H groups in total. The third-order valence-electron chi connectivity index (χ3n) is 2.92. The fourth-order valence-electron chi connectivity index (χ4n) is 1.79. The lowest BCUT2D eigenvalue weighted by Crippen LogP contribution is -2.11. The molecule has 1 heterocycles. The van der Waals surface area contributed by atoms with Crippen LogP contribution in [0, 0.1) is 20.8 Å². The maximum Gasteiger partial charge on any atom is 0.358 e. The second kappa shape index (κ2) is 4.72. The number of ether oxygens (including phenoxy) is 1. The number of hydrogen-bond acceptors (Lipinski definition) is 4. The molecule has 0 aliphatic rings. The smallest absolute Gasteiger partial charge is 0.358 e. The molecular weight excluding hydrogens is 228 g/mol. The highest BCUT2D eigenvalue weighted by Gasteiger charge is 2.14. The summed E-state index contributed by atoms with van der Waals surface area (Å²) in [7, 11) is 0. The van der Waals surface area contributed by atoms with Crippen LogP contribution in [-0.2, 0) is 4.74 Å². The third-order valence-corrected chi connectivity index (χ3v) is 2.92. The van der Waals surface area contributed by atoms with Crippen LogP contribution in [0.4, 0.5) is 0 Å². The summed E-state index contributed by atoms with van der Waals surface area (Å²) in [5.41, 5.74) is 4.74. The molecule has 0 aliphatic heterocycles. The van der Waals surface area contributed by atoms with E-state index in [0.29, 0.717) is 18.0 Å². The van der Waals surface area contributed by atoms with Gasteiger partial charge in [0.2, 0.25) is 0 Å². The number of benzene rings is 1. The van der Waals surface area contributed by atoms with Crippen molar-refractivity contribution in [2.45, 2.75) is 27.7 Å². The lowest BCUT2D eigenvalue weighted by atomic mass is 10.1. The zero-order valence-electron chi connectivity index (χ0n) is 11.1. The van der Waals surface area contributed by atoms with E-state index >= 15 is 0 Å². The average Bonchev–Trinajstić information content (AvgIpc) is 2.31. The molecule has 4 nitrogen and oxygen atoms in total. The van der Waals surface area contributed by atoms with Gasteiger partial charge in [0.05, 0.1) is 23.3 Å². The van der Waals surface area contributed by atoms with Gasteiger partial charge in [0, 0.05) is 0 Å². The van der Waals surface area contributed by atoms with E-state index in [1.165, 1.54) is 5.56 Å². The van der Waals surface area contributed by atoms with Crippen LogP contribution in [0.1, 0.15) is 34.2 Å². The van der Waals surface area contributed by atoms with Crippen molar-refractivity contribution in [1.82, 2.24) is 9.97 Å². The molecule has 0 fully saturated rings. The zero-order chi connectivity index (χ0) is 13.3. The molecule has 0 spiro atoms. The van der Waals surface area contributed by atoms with Gasteiger partial charge in [-0.3, -0.25) is 0 Å². The van der Waals surface area contributed by atoms with Crippen molar-refractivity contribution in [1.29, 1.82) is 0 Å². The molecule has 1 aromatic heterocycles. The Hall–Kier alpha value is -1.97. The number of carbonyl (C=O) groups is 1. The molecule has 0 bridgehead atoms. The first kappa shape index (κ1) is 12.5. The van der Waals surface area contributed by atoms with Gasteiger partial charge in [0.15, 0.2) is 5.69 Å². The molecule has 0 amide bonds. The summed E-state index contributed by atoms with van der Waals surface area (Å²) in [6, 6.07) is 3.93. The van der Waals surface area contributed by atoms with Gasteiger partial charge in [-0.05, 0) is 51.0 Å². The van der Waals surface area contributed by atoms with Crippen LogP contribution in [0.5, 0.6) is 0 Å². The van der Waals surface area contributed by atoms with Crippen LogP contribution in [0.15, 0.2) is 12.1 Å². The van der Waals surface area contributed by atoms with Crippen LogP contribution in [0.3, 0.4) is 0 Å². The number of aryl methyl sites for hydroxylation is 3. The van der Waals surface area contributed by atoms with Crippen molar-refractivity contribution in [3.8, 4) is 0 Å². The van der Waals surface area contributed by atoms with Crippen LogP contribution in [0.2, 0.25) is 0 Å². The normalized spacial score (nSPS) is 10.7. The summed E-state index contributed by atoms with van der Waals surface area (Å²) < 4.78 is 4.97. The van der Waals surface area contributed by atoms with Crippen LogP contribution >= 0.6 is 0 Å². The van der Waals surface area contributed by atoms with E-state index < -0.39 is 5.97 Å². The second-order valence-corrected chi connectivity index (χ2v) is 4.30. The first-order valence-corrected chi connectivity index (χ1v) is 5.95. The van der Waals surface area contributed by atoms with Gasteiger partial charge in [-0.2, -0.15) is 0 Å². The van der Waals surface area contributed by atoms with Crippen LogP contribution < -0.4 is 0 Å². The van der Waals surface area contributed by atoms with Crippen molar-refractivity contribution in [3.63, 3.8) is 0 Å². The molecule has 0 unspecified atom stereocenters. The van der Waals surface area contributed by atoms with Crippen LogP contribution in [0.25, 0.3) is 11.0 Å². The van der Waals surface area contributed by atoms with Crippen LogP contribution in [-0.4, -0.2) is 22.5 Å². The summed E-state index contributed by atoms with van der Waals surface area (Å²) in [4.78, 5) is 20.5. The first-order chi connectivity index (χ1) is 8.52. The molecule has 1 aromatic carbocycles. The number of esters is 1. The summed E-state index contributed by atoms with van der Waals surface area (Å²) in [5.74, 6) is -0.414. The van der Waals surface area contributed by atoms with E-state index in [4.69, 9.17) is 4.74 Å². The van der Waals surface area contributed by atoms with E-state index in [0.717, 1.165) is 16.6 Å². The highest BCUT2D eigenvalue weighted by molar-refractivity contribution is 5.91. The number of hydrogen-bond donors (Lipinski definition) is 0. The SMILES string of the molecule is CCOC(=O)c1nc2cc(C)c(C)cc2nc1C. The van der Waals surface area contributed by atoms with E-state index in [1.807, 2.05) is 26.0 Å². The molecule has 0 radical (unpaired) electrons. The quantitative estimate of drug-likeness (QED) is 0.762. The Bertz CT molecular complexity index is 621. The molecule has 94 valence electrons. The van der Waals surface area contributed by atoms with E-state index in [2.05, 4.69) is 9.97 Å². The van der Waals surface area contributed by atoms with Crippen molar-refractivity contribution >= 4 is 17.0 Å². The lowest BCUT2D eigenvalue weighted by Gasteiger charge is -2.07. The molecule has 2 aromatic rings. The monoisotopic (exact) mass is 244 g/mol. The average molecular weight is 244 g/mol. The second-order valence-electron chi connectivity index (χ2n) is 4.30. The number of carbonyl (C=O) groups excluding carboxylic acids is 1. The van der Waals surface area contributed by atoms with E-state index in [-0.39, 0.29) is 0 Å². The van der Waals surface area contributed by atoms with Gasteiger partial charge in [-0.25, -0.2) is 14.8 Å². The fourth-order valence-corrected chi connectivity index (χ4v) is 1.79. The molecule has 18 heavy (non-hydrogen) atoms. The Balaban J connectivity index is 2.61. The molecule has 4 heteroatoms. The Morgan fingerprint density at radius 1 is 1.11 bits per heavy atom. The summed E-state index contributed by atoms with van der Waals surface area (Å²) in [6.07, 6.45) is 0. The van der Waals surface area contributed by atoms with Gasteiger partial charge in [-0.1, -0.05) is 0 Å². The number of aromatic nitrogens is 2. The van der Waals surface area contributed by atoms with E-state index in [9.17, 15) is 4.79 Å². The van der Waals surface area contributed by atoms with Gasteiger partial charge < -0.3 is 4.74 Å². The number of fused-ring (bicyclic) bond motifs is 1. The van der Waals surface area contributed by atoms with Crippen molar-refractivity contribution in [3.05, 3.63) is 34.6 Å². The third kappa shape index (κ3) is 2.18. The highest BCUT2D eigenvalue weighted by atomic mass is 16.5. The topological polar surface area (TPSA) is 52.1 Å². The lowest BCUT2D eigenvalue weighted by molar-refractivity contribution is 0.0518. The number of nitrogens with zero attached hydrogens (tertiary/aromatic N) is 2. The molecule has 0 atom stereocenters. The maximum atomic E-state index is 11.7. The van der Waals surface area contributed by atoms with Crippen molar-refractivity contribution in [2.75, 3.05) is 6.61 Å². The maximum absolute atomic E-state index is 11.7. The van der Waals surface area contributed by atoms with Gasteiger partial charge in [0.25, 0.3) is 0 Å². The Labute approximate surface area is 106 Å². The van der Waals surface area contributed by atoms with Crippen molar-refractivity contribution in [2.24, 2.45) is 0 Å². The molecule has 0 saturated heterocycles. The largest absolute Gasteiger partial charge is 0.461 e. The molecule has 0 aliphatic carbocycles. The minimum Gasteiger partial charge on any atom is -0.461 e. The molecule has 0 saturated carbocycles. The zero-order valence-corrected chi connectivity index (χ0v) is 11.1. The number of rotatable bonds is 2. The summed E-state index contributed by atoms with van der Waals surface area (Å²) in [6.45, 7) is 7.93. The fraction of sp³-hybridized carbons (Fsp3) is 0.357. The van der Waals surface area contributed by atoms with Crippen molar-refractivity contribution < 1.29 is 9.53 Å². The van der Waals surface area contributed by atoms with Gasteiger partial charge in [-0.15, -0.1) is 0 Å². The minimum absolute atomic E-state index is 0.299. The molecule has 2 rings (SSSR count). The molecular formula is C14H16N2O2. The summed E-state index contributed by atoms with van der Waals surface area (Å²) in [5, 5.41) is 0. The summed E-state index contributed by atoms with van der Waals surface area (Å²) >= 11 is 0. The Morgan fingerprint density at radius 2 is 1.67 bits per heavy atom. The Kier molecular flexibility index (Phi) is 3.28. The predicted molar refractivity (Wildman–Crippen MR) is 69.7 cm³/mol. The predicted octanol–water partition coefficient (Wildman–Crippen LogP) is 2.73. The van der Waals surface area contributed by atoms with Gasteiger partial charge in [0.1, 0.15) is 0 Å². The van der Waals surface area contributed by atoms with E-state index in [1.54, 1.807) is 13.8 Å². The highest BCUT2D eigenvalue weighted by Crippen LogP contribution is 2.18. The standard InChI is InChI=1S/C14H16N2O2/c1-5-18-14(17)13-10(4)15-11-6-8(2)9(3)7-12(11)16-13/h6-7H,5H2,1-4H3. The Morgan fingerprint density at radius 3 is 2.22 bits per heavy atom. The van der Waals surface area contributed by atoms with Gasteiger partial charge >= 0.3 is 5.97 Å².